The molecule has 1 amide bonds. The van der Waals surface area contributed by atoms with Gasteiger partial charge < -0.3 is 14.2 Å². The third-order valence-corrected chi connectivity index (χ3v) is 5.81. The van der Waals surface area contributed by atoms with E-state index in [1.807, 2.05) is 43.0 Å². The van der Waals surface area contributed by atoms with E-state index in [4.69, 9.17) is 9.26 Å². The lowest BCUT2D eigenvalue weighted by Crippen LogP contribution is -2.48. The maximum absolute atomic E-state index is 12.9. The molecule has 3 aromatic rings. The van der Waals surface area contributed by atoms with Crippen LogP contribution in [0.2, 0.25) is 0 Å². The molecule has 1 fully saturated rings. The van der Waals surface area contributed by atoms with Gasteiger partial charge >= 0.3 is 0 Å². The number of amides is 1. The second-order valence-corrected chi connectivity index (χ2v) is 8.17. The van der Waals surface area contributed by atoms with Crippen LogP contribution in [0.4, 0.5) is 0 Å². The second-order valence-electron chi connectivity index (χ2n) is 8.17. The number of ether oxygens (including phenoxy) is 1. The van der Waals surface area contributed by atoms with Crippen molar-refractivity contribution in [3.05, 3.63) is 82.2 Å². The van der Waals surface area contributed by atoms with Crippen LogP contribution in [-0.2, 0) is 13.2 Å². The number of nitrogens with zero attached hydrogens (tertiary/aromatic N) is 3. The maximum atomic E-state index is 12.9. The smallest absolute Gasteiger partial charge is 0.253 e. The first-order chi connectivity index (χ1) is 15.0. The number of aromatic nitrogens is 1. The standard InChI is InChI=1S/C25H29N3O3/c1-18-5-4-6-21(15-18)16-27-11-13-28(14-12-27)25(29)22-7-9-23(10-8-22)30-17-24-19(2)26-31-20(24)3/h4-10,15H,11-14,16-17H2,1-3H3. The average Bonchev–Trinajstić information content (AvgIpc) is 3.10. The molecule has 1 saturated heterocycles. The molecule has 0 spiro atoms. The number of hydrogen-bond donors (Lipinski definition) is 0. The summed E-state index contributed by atoms with van der Waals surface area (Å²) in [5.74, 6) is 1.57. The molecular weight excluding hydrogens is 390 g/mol. The van der Waals surface area contributed by atoms with Gasteiger partial charge in [-0.1, -0.05) is 35.0 Å². The van der Waals surface area contributed by atoms with Gasteiger partial charge in [0.2, 0.25) is 0 Å². The SMILES string of the molecule is Cc1cccc(CN2CCN(C(=O)c3ccc(OCc4c(C)noc4C)cc3)CC2)c1. The zero-order chi connectivity index (χ0) is 21.8. The summed E-state index contributed by atoms with van der Waals surface area (Å²) in [4.78, 5) is 17.2. The Balaban J connectivity index is 1.28. The van der Waals surface area contributed by atoms with Gasteiger partial charge in [0.25, 0.3) is 5.91 Å². The van der Waals surface area contributed by atoms with E-state index in [1.54, 1.807) is 0 Å². The van der Waals surface area contributed by atoms with Crippen LogP contribution in [0.15, 0.2) is 53.1 Å². The normalized spacial score (nSPS) is 14.6. The minimum absolute atomic E-state index is 0.0764. The molecule has 0 atom stereocenters. The van der Waals surface area contributed by atoms with E-state index in [0.29, 0.717) is 12.2 Å². The Bertz CT molecular complexity index is 1010. The van der Waals surface area contributed by atoms with E-state index in [2.05, 4.69) is 41.2 Å². The van der Waals surface area contributed by atoms with E-state index in [-0.39, 0.29) is 5.91 Å². The van der Waals surface area contributed by atoms with Gasteiger partial charge in [0.05, 0.1) is 11.3 Å². The summed E-state index contributed by atoms with van der Waals surface area (Å²) in [7, 11) is 0. The molecule has 1 aliphatic rings. The highest BCUT2D eigenvalue weighted by molar-refractivity contribution is 5.94. The highest BCUT2D eigenvalue weighted by atomic mass is 16.5. The molecule has 0 N–H and O–H groups in total. The van der Waals surface area contributed by atoms with Gasteiger partial charge in [-0.3, -0.25) is 9.69 Å². The molecular formula is C25H29N3O3. The Morgan fingerprint density at radius 2 is 1.77 bits per heavy atom. The number of hydrogen-bond acceptors (Lipinski definition) is 5. The molecule has 1 aliphatic heterocycles. The molecule has 0 aliphatic carbocycles. The third-order valence-electron chi connectivity index (χ3n) is 5.81. The van der Waals surface area contributed by atoms with Crippen LogP contribution in [0.1, 0.15) is 38.5 Å². The number of rotatable bonds is 6. The highest BCUT2D eigenvalue weighted by Gasteiger charge is 2.22. The summed E-state index contributed by atoms with van der Waals surface area (Å²) in [6.45, 7) is 10.5. The van der Waals surface area contributed by atoms with Gasteiger partial charge in [-0.25, -0.2) is 0 Å². The summed E-state index contributed by atoms with van der Waals surface area (Å²) in [6.07, 6.45) is 0. The molecule has 6 nitrogen and oxygen atoms in total. The van der Waals surface area contributed by atoms with Crippen LogP contribution >= 0.6 is 0 Å². The quantitative estimate of drug-likeness (QED) is 0.601. The zero-order valence-corrected chi connectivity index (χ0v) is 18.4. The van der Waals surface area contributed by atoms with Crippen molar-refractivity contribution in [1.82, 2.24) is 15.0 Å². The lowest BCUT2D eigenvalue weighted by atomic mass is 10.1. The minimum atomic E-state index is 0.0764. The predicted octanol–water partition coefficient (Wildman–Crippen LogP) is 4.14. The van der Waals surface area contributed by atoms with Crippen molar-refractivity contribution in [2.24, 2.45) is 0 Å². The number of piperazine rings is 1. The van der Waals surface area contributed by atoms with Gasteiger partial charge in [-0.05, 0) is 50.6 Å². The van der Waals surface area contributed by atoms with Crippen LogP contribution in [0.5, 0.6) is 5.75 Å². The molecule has 0 radical (unpaired) electrons. The fourth-order valence-corrected chi connectivity index (χ4v) is 3.92. The number of carbonyl (C=O) groups excluding carboxylic acids is 1. The molecule has 162 valence electrons. The average molecular weight is 420 g/mol. The topological polar surface area (TPSA) is 58.8 Å². The molecule has 4 rings (SSSR count). The van der Waals surface area contributed by atoms with E-state index in [1.165, 1.54) is 11.1 Å². The van der Waals surface area contributed by atoms with E-state index in [9.17, 15) is 4.79 Å². The number of aryl methyl sites for hydroxylation is 3. The summed E-state index contributed by atoms with van der Waals surface area (Å²) >= 11 is 0. The molecule has 2 aromatic carbocycles. The Morgan fingerprint density at radius 3 is 2.42 bits per heavy atom. The summed E-state index contributed by atoms with van der Waals surface area (Å²) in [5, 5.41) is 3.94. The van der Waals surface area contributed by atoms with Crippen molar-refractivity contribution in [3.8, 4) is 5.75 Å². The van der Waals surface area contributed by atoms with Gasteiger partial charge in [0.1, 0.15) is 18.1 Å². The number of benzene rings is 2. The monoisotopic (exact) mass is 419 g/mol. The molecule has 0 saturated carbocycles. The fourth-order valence-electron chi connectivity index (χ4n) is 3.92. The second kappa shape index (κ2) is 9.35. The first kappa shape index (κ1) is 21.1. The molecule has 0 unspecified atom stereocenters. The van der Waals surface area contributed by atoms with Gasteiger partial charge in [0, 0.05) is 38.3 Å². The van der Waals surface area contributed by atoms with E-state index < -0.39 is 0 Å². The van der Waals surface area contributed by atoms with E-state index in [0.717, 1.165) is 55.5 Å². The summed E-state index contributed by atoms with van der Waals surface area (Å²) < 4.78 is 11.0. The molecule has 2 heterocycles. The van der Waals surface area contributed by atoms with Crippen LogP contribution in [-0.4, -0.2) is 47.0 Å². The third kappa shape index (κ3) is 5.14. The largest absolute Gasteiger partial charge is 0.489 e. The van der Waals surface area contributed by atoms with Crippen molar-refractivity contribution in [2.75, 3.05) is 26.2 Å². The maximum Gasteiger partial charge on any atom is 0.253 e. The highest BCUT2D eigenvalue weighted by Crippen LogP contribution is 2.19. The Hall–Kier alpha value is -3.12. The van der Waals surface area contributed by atoms with Crippen LogP contribution in [0.25, 0.3) is 0 Å². The van der Waals surface area contributed by atoms with Crippen molar-refractivity contribution in [3.63, 3.8) is 0 Å². The van der Waals surface area contributed by atoms with Crippen molar-refractivity contribution < 1.29 is 14.1 Å². The first-order valence-electron chi connectivity index (χ1n) is 10.7. The van der Waals surface area contributed by atoms with Crippen LogP contribution in [0.3, 0.4) is 0 Å². The summed E-state index contributed by atoms with van der Waals surface area (Å²) in [6, 6.07) is 16.0. The molecule has 31 heavy (non-hydrogen) atoms. The summed E-state index contributed by atoms with van der Waals surface area (Å²) in [5.41, 5.74) is 5.10. The van der Waals surface area contributed by atoms with E-state index >= 15 is 0 Å². The van der Waals surface area contributed by atoms with Gasteiger partial charge in [-0.15, -0.1) is 0 Å². The number of carbonyl (C=O) groups is 1. The molecule has 6 heteroatoms. The minimum Gasteiger partial charge on any atom is -0.489 e. The zero-order valence-electron chi connectivity index (χ0n) is 18.4. The van der Waals surface area contributed by atoms with Crippen molar-refractivity contribution in [2.45, 2.75) is 33.9 Å². The Labute approximate surface area is 183 Å². The Morgan fingerprint density at radius 1 is 1.03 bits per heavy atom. The van der Waals surface area contributed by atoms with Crippen LogP contribution < -0.4 is 4.74 Å². The van der Waals surface area contributed by atoms with Gasteiger partial charge in [-0.2, -0.15) is 0 Å². The molecule has 0 bridgehead atoms. The fraction of sp³-hybridized carbons (Fsp3) is 0.360. The lowest BCUT2D eigenvalue weighted by molar-refractivity contribution is 0.0628. The van der Waals surface area contributed by atoms with Gasteiger partial charge in [0.15, 0.2) is 0 Å². The molecule has 1 aromatic heterocycles. The first-order valence-corrected chi connectivity index (χ1v) is 10.7. The van der Waals surface area contributed by atoms with Crippen molar-refractivity contribution >= 4 is 5.91 Å². The predicted molar refractivity (Wildman–Crippen MR) is 119 cm³/mol. The van der Waals surface area contributed by atoms with Crippen LogP contribution in [0, 0.1) is 20.8 Å². The van der Waals surface area contributed by atoms with Crippen molar-refractivity contribution in [1.29, 1.82) is 0 Å². The lowest BCUT2D eigenvalue weighted by Gasteiger charge is -2.34. The Kier molecular flexibility index (Phi) is 6.37.